The SMILES string of the molecule is CCOC(=O)C(C)(CC(C)O)OC(=O)N(C)NC(=O)[C@@H]1CCCN1C(=O)[C@H](C)NC(=O)[C@H](C)NC(C)=O. The lowest BCUT2D eigenvalue weighted by Crippen LogP contribution is -2.57. The molecule has 1 aliphatic heterocycles. The minimum Gasteiger partial charge on any atom is -0.463 e. The van der Waals surface area contributed by atoms with Crippen LogP contribution in [0.15, 0.2) is 0 Å². The van der Waals surface area contributed by atoms with E-state index in [1.54, 1.807) is 6.92 Å². The first-order chi connectivity index (χ1) is 17.1. The van der Waals surface area contributed by atoms with Crippen LogP contribution in [0.4, 0.5) is 4.79 Å². The second-order valence-corrected chi connectivity index (χ2v) is 9.25. The van der Waals surface area contributed by atoms with Crippen molar-refractivity contribution in [1.82, 2.24) is 26.0 Å². The third-order valence-electron chi connectivity index (χ3n) is 5.64. The zero-order chi connectivity index (χ0) is 28.5. The number of aliphatic hydroxyl groups excluding tert-OH is 1. The molecule has 0 aromatic heterocycles. The summed E-state index contributed by atoms with van der Waals surface area (Å²) in [5.41, 5.74) is 0.555. The normalized spacial score (nSPS) is 18.9. The first-order valence-electron chi connectivity index (χ1n) is 12.1. The molecular formula is C23H39N5O9. The summed E-state index contributed by atoms with van der Waals surface area (Å²) in [6.07, 6.45) is -1.44. The number of hydrogen-bond acceptors (Lipinski definition) is 9. The molecule has 1 saturated heterocycles. The Kier molecular flexibility index (Phi) is 11.8. The van der Waals surface area contributed by atoms with Crippen LogP contribution in [0, 0.1) is 0 Å². The van der Waals surface area contributed by atoms with Gasteiger partial charge in [0.1, 0.15) is 18.1 Å². The zero-order valence-corrected chi connectivity index (χ0v) is 22.5. The average molecular weight is 530 g/mol. The van der Waals surface area contributed by atoms with Crippen LogP contribution in [0.1, 0.15) is 60.8 Å². The molecular weight excluding hydrogens is 490 g/mol. The van der Waals surface area contributed by atoms with E-state index in [9.17, 15) is 33.9 Å². The van der Waals surface area contributed by atoms with Crippen molar-refractivity contribution in [3.05, 3.63) is 0 Å². The first kappa shape index (κ1) is 31.6. The van der Waals surface area contributed by atoms with E-state index in [-0.39, 0.29) is 19.6 Å². The van der Waals surface area contributed by atoms with Crippen molar-refractivity contribution in [3.63, 3.8) is 0 Å². The highest BCUT2D eigenvalue weighted by atomic mass is 16.6. The van der Waals surface area contributed by atoms with Crippen LogP contribution >= 0.6 is 0 Å². The van der Waals surface area contributed by atoms with Crippen LogP contribution in [0.25, 0.3) is 0 Å². The molecule has 5 atom stereocenters. The van der Waals surface area contributed by atoms with Gasteiger partial charge in [-0.15, -0.1) is 0 Å². The molecule has 0 saturated carbocycles. The van der Waals surface area contributed by atoms with Gasteiger partial charge in [0.2, 0.25) is 23.3 Å². The Morgan fingerprint density at radius 2 is 1.73 bits per heavy atom. The van der Waals surface area contributed by atoms with Gasteiger partial charge in [0.25, 0.3) is 5.91 Å². The van der Waals surface area contributed by atoms with E-state index in [4.69, 9.17) is 9.47 Å². The molecule has 1 fully saturated rings. The molecule has 0 aliphatic carbocycles. The second-order valence-electron chi connectivity index (χ2n) is 9.25. The van der Waals surface area contributed by atoms with Crippen molar-refractivity contribution >= 4 is 35.7 Å². The monoisotopic (exact) mass is 529 g/mol. The van der Waals surface area contributed by atoms with Gasteiger partial charge in [-0.25, -0.2) is 14.6 Å². The number of rotatable bonds is 10. The summed E-state index contributed by atoms with van der Waals surface area (Å²) in [5.74, 6) is -2.96. The summed E-state index contributed by atoms with van der Waals surface area (Å²) >= 11 is 0. The number of esters is 1. The zero-order valence-electron chi connectivity index (χ0n) is 22.5. The van der Waals surface area contributed by atoms with Crippen LogP contribution in [0.5, 0.6) is 0 Å². The number of nitrogens with one attached hydrogen (secondary N) is 3. The lowest BCUT2D eigenvalue weighted by molar-refractivity contribution is -0.167. The van der Waals surface area contributed by atoms with E-state index in [1.165, 1.54) is 46.6 Å². The lowest BCUT2D eigenvalue weighted by atomic mass is 9.99. The number of nitrogens with zero attached hydrogens (tertiary/aromatic N) is 2. The molecule has 0 bridgehead atoms. The maximum atomic E-state index is 13.0. The number of amides is 5. The molecule has 37 heavy (non-hydrogen) atoms. The highest BCUT2D eigenvalue weighted by Gasteiger charge is 2.42. The molecule has 5 amide bonds. The number of hydrazine groups is 1. The molecule has 14 heteroatoms. The lowest BCUT2D eigenvalue weighted by Gasteiger charge is -2.31. The molecule has 1 heterocycles. The summed E-state index contributed by atoms with van der Waals surface area (Å²) in [7, 11) is 1.21. The quantitative estimate of drug-likeness (QED) is 0.208. The Bertz CT molecular complexity index is 881. The van der Waals surface area contributed by atoms with Crippen molar-refractivity contribution in [2.75, 3.05) is 20.2 Å². The molecule has 0 radical (unpaired) electrons. The van der Waals surface area contributed by atoms with Crippen molar-refractivity contribution in [2.24, 2.45) is 0 Å². The molecule has 4 N–H and O–H groups in total. The molecule has 210 valence electrons. The van der Waals surface area contributed by atoms with Gasteiger partial charge in [-0.3, -0.25) is 24.6 Å². The molecule has 0 aromatic rings. The van der Waals surface area contributed by atoms with Crippen LogP contribution in [-0.4, -0.2) is 101 Å². The Morgan fingerprint density at radius 1 is 1.11 bits per heavy atom. The van der Waals surface area contributed by atoms with Crippen LogP contribution < -0.4 is 16.1 Å². The summed E-state index contributed by atoms with van der Waals surface area (Å²) in [6.45, 7) is 8.82. The van der Waals surface area contributed by atoms with Crippen LogP contribution in [-0.2, 0) is 33.4 Å². The topological polar surface area (TPSA) is 184 Å². The molecule has 0 spiro atoms. The Hall–Kier alpha value is -3.42. The van der Waals surface area contributed by atoms with E-state index in [0.717, 1.165) is 5.01 Å². The predicted octanol–water partition coefficient (Wildman–Crippen LogP) is -0.801. The van der Waals surface area contributed by atoms with Gasteiger partial charge in [-0.1, -0.05) is 0 Å². The number of likely N-dealkylation sites (tertiary alicyclic amines) is 1. The third-order valence-corrected chi connectivity index (χ3v) is 5.64. The van der Waals surface area contributed by atoms with E-state index in [2.05, 4.69) is 16.1 Å². The molecule has 1 aliphatic rings. The van der Waals surface area contributed by atoms with Crippen molar-refractivity contribution in [3.8, 4) is 0 Å². The van der Waals surface area contributed by atoms with Gasteiger partial charge >= 0.3 is 12.1 Å². The van der Waals surface area contributed by atoms with Gasteiger partial charge in [0, 0.05) is 26.9 Å². The fourth-order valence-electron chi connectivity index (χ4n) is 3.88. The summed E-state index contributed by atoms with van der Waals surface area (Å²) in [5, 5.41) is 15.4. The molecule has 14 nitrogen and oxygen atoms in total. The summed E-state index contributed by atoms with van der Waals surface area (Å²) in [4.78, 5) is 75.5. The number of carbonyl (C=O) groups excluding carboxylic acids is 6. The number of ether oxygens (including phenoxy) is 2. The average Bonchev–Trinajstić information content (AvgIpc) is 3.27. The van der Waals surface area contributed by atoms with Crippen LogP contribution in [0.2, 0.25) is 0 Å². The fraction of sp³-hybridized carbons (Fsp3) is 0.739. The van der Waals surface area contributed by atoms with Crippen molar-refractivity contribution < 1.29 is 43.3 Å². The van der Waals surface area contributed by atoms with Gasteiger partial charge < -0.3 is 30.1 Å². The number of hydrogen-bond donors (Lipinski definition) is 4. The maximum absolute atomic E-state index is 13.0. The standard InChI is InChI=1S/C23H39N5O9/c1-8-36-21(34)23(6,12-13(2)29)37-22(35)27(7)26-19(32)17-10-9-11-28(17)20(33)15(4)25-18(31)14(3)24-16(5)30/h13-15,17,29H,8-12H2,1-7H3,(H,24,30)(H,25,31)(H,26,32)/t13?,14-,15-,17-,23?/m0/s1. The van der Waals surface area contributed by atoms with E-state index in [1.807, 2.05) is 0 Å². The Morgan fingerprint density at radius 3 is 2.27 bits per heavy atom. The van der Waals surface area contributed by atoms with Crippen molar-refractivity contribution in [2.45, 2.75) is 90.6 Å². The molecule has 2 unspecified atom stereocenters. The van der Waals surface area contributed by atoms with Gasteiger partial charge in [-0.2, -0.15) is 0 Å². The van der Waals surface area contributed by atoms with Crippen molar-refractivity contribution in [1.29, 1.82) is 0 Å². The fourth-order valence-corrected chi connectivity index (χ4v) is 3.88. The molecule has 0 aromatic carbocycles. The minimum atomic E-state index is -1.79. The highest BCUT2D eigenvalue weighted by molar-refractivity contribution is 5.94. The second kappa shape index (κ2) is 13.8. The number of carbonyl (C=O) groups is 6. The minimum absolute atomic E-state index is 0.0366. The summed E-state index contributed by atoms with van der Waals surface area (Å²) < 4.78 is 10.2. The van der Waals surface area contributed by atoms with E-state index >= 15 is 0 Å². The smallest absolute Gasteiger partial charge is 0.429 e. The maximum Gasteiger partial charge on any atom is 0.429 e. The van der Waals surface area contributed by atoms with E-state index < -0.39 is 65.5 Å². The van der Waals surface area contributed by atoms with E-state index in [0.29, 0.717) is 12.8 Å². The highest BCUT2D eigenvalue weighted by Crippen LogP contribution is 2.22. The van der Waals surface area contributed by atoms with Gasteiger partial charge in [0.15, 0.2) is 0 Å². The Labute approximate surface area is 216 Å². The number of aliphatic hydroxyl groups is 1. The molecule has 1 rings (SSSR count). The van der Waals surface area contributed by atoms with Crippen LogP contribution in [0.3, 0.4) is 0 Å². The predicted molar refractivity (Wildman–Crippen MR) is 129 cm³/mol. The Balaban J connectivity index is 2.82. The first-order valence-corrected chi connectivity index (χ1v) is 12.1. The largest absolute Gasteiger partial charge is 0.463 e. The third kappa shape index (κ3) is 9.19. The van der Waals surface area contributed by atoms with Gasteiger partial charge in [0.05, 0.1) is 12.7 Å². The van der Waals surface area contributed by atoms with Gasteiger partial charge in [-0.05, 0) is 47.5 Å². The summed E-state index contributed by atoms with van der Waals surface area (Å²) in [6, 6.07) is -2.73.